The van der Waals surface area contributed by atoms with Gasteiger partial charge in [0, 0.05) is 17.3 Å². The highest BCUT2D eigenvalue weighted by molar-refractivity contribution is 6.03. The molecule has 0 atom stereocenters. The van der Waals surface area contributed by atoms with E-state index in [2.05, 4.69) is 0 Å². The van der Waals surface area contributed by atoms with Gasteiger partial charge in [0.2, 0.25) is 0 Å². The monoisotopic (exact) mass is 285 g/mol. The number of hydrogen-bond acceptors (Lipinski definition) is 4. The minimum absolute atomic E-state index is 0.0784. The van der Waals surface area contributed by atoms with Crippen LogP contribution in [0.4, 0.5) is 5.69 Å². The second-order valence-electron chi connectivity index (χ2n) is 4.57. The number of carbonyl (C=O) groups is 2. The van der Waals surface area contributed by atoms with Crippen LogP contribution < -0.4 is 10.5 Å². The molecule has 0 unspecified atom stereocenters. The molecule has 0 amide bonds. The van der Waals surface area contributed by atoms with Gasteiger partial charge in [0.25, 0.3) is 0 Å². The highest BCUT2D eigenvalue weighted by Gasteiger charge is 2.17. The van der Waals surface area contributed by atoms with Gasteiger partial charge in [-0.25, -0.2) is 4.79 Å². The van der Waals surface area contributed by atoms with E-state index < -0.39 is 5.97 Å². The maximum atomic E-state index is 11.4. The summed E-state index contributed by atoms with van der Waals surface area (Å²) in [6, 6.07) is 12.0. The first-order chi connectivity index (χ1) is 9.99. The third kappa shape index (κ3) is 3.39. The molecule has 108 valence electrons. The smallest absolute Gasteiger partial charge is 0.339 e. The predicted molar refractivity (Wildman–Crippen MR) is 78.6 cm³/mol. The van der Waals surface area contributed by atoms with E-state index in [4.69, 9.17) is 10.5 Å². The second kappa shape index (κ2) is 6.09. The summed E-state index contributed by atoms with van der Waals surface area (Å²) in [5.74, 6) is -1.31. The summed E-state index contributed by atoms with van der Waals surface area (Å²) in [6.45, 7) is 1.56. The van der Waals surface area contributed by atoms with E-state index in [9.17, 15) is 14.7 Å². The van der Waals surface area contributed by atoms with E-state index in [0.29, 0.717) is 0 Å². The molecule has 0 aliphatic carbocycles. The zero-order chi connectivity index (χ0) is 15.4. The number of ether oxygens (including phenoxy) is 1. The zero-order valence-corrected chi connectivity index (χ0v) is 11.5. The Kier molecular flexibility index (Phi) is 4.23. The van der Waals surface area contributed by atoms with Gasteiger partial charge in [0.1, 0.15) is 17.9 Å². The van der Waals surface area contributed by atoms with Crippen molar-refractivity contribution < 1.29 is 19.4 Å². The van der Waals surface area contributed by atoms with Gasteiger partial charge >= 0.3 is 5.97 Å². The van der Waals surface area contributed by atoms with Crippen LogP contribution in [0.3, 0.4) is 0 Å². The molecule has 0 saturated heterocycles. The topological polar surface area (TPSA) is 89.6 Å². The van der Waals surface area contributed by atoms with Gasteiger partial charge in [0.15, 0.2) is 5.78 Å². The first-order valence-corrected chi connectivity index (χ1v) is 6.33. The van der Waals surface area contributed by atoms with Crippen molar-refractivity contribution in [3.8, 4) is 5.75 Å². The van der Waals surface area contributed by atoms with Crippen molar-refractivity contribution in [3.63, 3.8) is 0 Å². The van der Waals surface area contributed by atoms with E-state index in [-0.39, 0.29) is 35.0 Å². The van der Waals surface area contributed by atoms with Crippen LogP contribution in [0.5, 0.6) is 5.75 Å². The molecule has 5 nitrogen and oxygen atoms in total. The molecule has 0 heterocycles. The zero-order valence-electron chi connectivity index (χ0n) is 11.5. The third-order valence-corrected chi connectivity index (χ3v) is 3.00. The van der Waals surface area contributed by atoms with Crippen molar-refractivity contribution in [2.75, 3.05) is 5.73 Å². The van der Waals surface area contributed by atoms with Crippen molar-refractivity contribution in [3.05, 3.63) is 59.2 Å². The molecule has 5 heteroatoms. The van der Waals surface area contributed by atoms with Gasteiger partial charge < -0.3 is 15.6 Å². The lowest BCUT2D eigenvalue weighted by atomic mass is 10.0. The molecular formula is C16H15NO4. The Morgan fingerprint density at radius 2 is 1.81 bits per heavy atom. The van der Waals surface area contributed by atoms with Crippen LogP contribution in [-0.2, 0) is 6.61 Å². The second-order valence-corrected chi connectivity index (χ2v) is 4.57. The lowest BCUT2D eigenvalue weighted by Gasteiger charge is -2.12. The number of hydrogen-bond donors (Lipinski definition) is 2. The van der Waals surface area contributed by atoms with Gasteiger partial charge in [-0.15, -0.1) is 0 Å². The molecule has 0 aliphatic rings. The molecule has 21 heavy (non-hydrogen) atoms. The molecule has 0 radical (unpaired) electrons. The normalized spacial score (nSPS) is 10.1. The highest BCUT2D eigenvalue weighted by atomic mass is 16.5. The number of benzene rings is 2. The van der Waals surface area contributed by atoms with Crippen molar-refractivity contribution in [2.45, 2.75) is 13.5 Å². The summed E-state index contributed by atoms with van der Waals surface area (Å²) in [4.78, 5) is 22.7. The van der Waals surface area contributed by atoms with Crippen LogP contribution in [0.2, 0.25) is 0 Å². The summed E-state index contributed by atoms with van der Waals surface area (Å²) in [5.41, 5.74) is 6.98. The SMILES string of the molecule is CC(=O)c1cc(C(=O)O)c(OCc2ccccc2)cc1N. The maximum absolute atomic E-state index is 11.4. The number of aromatic carboxylic acids is 1. The van der Waals surface area contributed by atoms with Crippen molar-refractivity contribution in [1.29, 1.82) is 0 Å². The van der Waals surface area contributed by atoms with Crippen LogP contribution in [-0.4, -0.2) is 16.9 Å². The van der Waals surface area contributed by atoms with Crippen molar-refractivity contribution in [2.24, 2.45) is 0 Å². The number of carboxylic acid groups (broad SMARTS) is 1. The number of nitrogens with two attached hydrogens (primary N) is 1. The quantitative estimate of drug-likeness (QED) is 0.651. The van der Waals surface area contributed by atoms with E-state index in [1.54, 1.807) is 0 Å². The molecule has 0 aliphatic heterocycles. The average Bonchev–Trinajstić information content (AvgIpc) is 2.45. The average molecular weight is 285 g/mol. The third-order valence-electron chi connectivity index (χ3n) is 3.00. The Morgan fingerprint density at radius 1 is 1.14 bits per heavy atom. The van der Waals surface area contributed by atoms with Gasteiger partial charge in [0.05, 0.1) is 0 Å². The van der Waals surface area contributed by atoms with E-state index >= 15 is 0 Å². The number of nitrogen functional groups attached to an aromatic ring is 1. The van der Waals surface area contributed by atoms with E-state index in [1.807, 2.05) is 30.3 Å². The van der Waals surface area contributed by atoms with Gasteiger partial charge in [-0.3, -0.25) is 4.79 Å². The Balaban J connectivity index is 2.32. The predicted octanol–water partition coefficient (Wildman–Crippen LogP) is 2.75. The minimum Gasteiger partial charge on any atom is -0.488 e. The summed E-state index contributed by atoms with van der Waals surface area (Å²) in [7, 11) is 0. The highest BCUT2D eigenvalue weighted by Crippen LogP contribution is 2.27. The summed E-state index contributed by atoms with van der Waals surface area (Å²) in [5, 5.41) is 9.23. The first kappa shape index (κ1) is 14.6. The molecule has 2 aromatic carbocycles. The Bertz CT molecular complexity index is 680. The number of anilines is 1. The fourth-order valence-electron chi connectivity index (χ4n) is 1.92. The molecule has 2 rings (SSSR count). The Labute approximate surface area is 122 Å². The molecular weight excluding hydrogens is 270 g/mol. The van der Waals surface area contributed by atoms with Gasteiger partial charge in [-0.2, -0.15) is 0 Å². The first-order valence-electron chi connectivity index (χ1n) is 6.33. The molecule has 0 aromatic heterocycles. The number of carboxylic acids is 1. The van der Waals surface area contributed by atoms with Crippen molar-refractivity contribution in [1.82, 2.24) is 0 Å². The van der Waals surface area contributed by atoms with Crippen LogP contribution in [0.15, 0.2) is 42.5 Å². The van der Waals surface area contributed by atoms with E-state index in [1.165, 1.54) is 19.1 Å². The molecule has 0 spiro atoms. The van der Waals surface area contributed by atoms with Crippen LogP contribution >= 0.6 is 0 Å². The Morgan fingerprint density at radius 3 is 2.38 bits per heavy atom. The Hall–Kier alpha value is -2.82. The lowest BCUT2D eigenvalue weighted by Crippen LogP contribution is -2.08. The lowest BCUT2D eigenvalue weighted by molar-refractivity contribution is 0.0692. The standard InChI is InChI=1S/C16H15NO4/c1-10(18)12-7-13(16(19)20)15(8-14(12)17)21-9-11-5-3-2-4-6-11/h2-8H,9,17H2,1H3,(H,19,20). The summed E-state index contributed by atoms with van der Waals surface area (Å²) < 4.78 is 5.53. The fraction of sp³-hybridized carbons (Fsp3) is 0.125. The minimum atomic E-state index is -1.17. The summed E-state index contributed by atoms with van der Waals surface area (Å²) >= 11 is 0. The molecule has 0 bridgehead atoms. The molecule has 0 saturated carbocycles. The van der Waals surface area contributed by atoms with E-state index in [0.717, 1.165) is 5.56 Å². The van der Waals surface area contributed by atoms with Crippen LogP contribution in [0, 0.1) is 0 Å². The molecule has 2 aromatic rings. The largest absolute Gasteiger partial charge is 0.488 e. The van der Waals surface area contributed by atoms with Crippen LogP contribution in [0.1, 0.15) is 33.2 Å². The molecule has 0 fully saturated rings. The van der Waals surface area contributed by atoms with Crippen molar-refractivity contribution >= 4 is 17.4 Å². The molecule has 3 N–H and O–H groups in total. The van der Waals surface area contributed by atoms with Crippen LogP contribution in [0.25, 0.3) is 0 Å². The number of carbonyl (C=O) groups excluding carboxylic acids is 1. The van der Waals surface area contributed by atoms with Gasteiger partial charge in [-0.1, -0.05) is 30.3 Å². The number of rotatable bonds is 5. The number of Topliss-reactive ketones (excluding diaryl/α,β-unsaturated/α-hetero) is 1. The fourth-order valence-corrected chi connectivity index (χ4v) is 1.92. The number of ketones is 1. The van der Waals surface area contributed by atoms with Gasteiger partial charge in [-0.05, 0) is 18.6 Å². The summed E-state index contributed by atoms with van der Waals surface area (Å²) in [6.07, 6.45) is 0. The maximum Gasteiger partial charge on any atom is 0.339 e.